The van der Waals surface area contributed by atoms with Crippen LogP contribution in [0.4, 0.5) is 9.93 Å². The average molecular weight is 378 g/mol. The minimum atomic E-state index is -0.984. The van der Waals surface area contributed by atoms with E-state index >= 15 is 0 Å². The van der Waals surface area contributed by atoms with Crippen LogP contribution in [0.15, 0.2) is 29.6 Å². The molecule has 1 aromatic heterocycles. The van der Waals surface area contributed by atoms with Crippen molar-refractivity contribution in [2.45, 2.75) is 31.8 Å². The smallest absolute Gasteiger partial charge is 0.321 e. The summed E-state index contributed by atoms with van der Waals surface area (Å²) in [5.74, 6) is 2.78. The van der Waals surface area contributed by atoms with Crippen LogP contribution in [-0.2, 0) is 5.41 Å². The van der Waals surface area contributed by atoms with Gasteiger partial charge in [-0.2, -0.15) is 0 Å². The molecule has 2 aromatic rings. The molecule has 0 aliphatic heterocycles. The molecule has 2 amide bonds. The van der Waals surface area contributed by atoms with E-state index in [9.17, 15) is 9.90 Å². The molecule has 0 saturated heterocycles. The second-order valence-electron chi connectivity index (χ2n) is 6.43. The molecule has 132 valence electrons. The number of halogens is 1. The Morgan fingerprint density at radius 3 is 2.56 bits per heavy atom. The van der Waals surface area contributed by atoms with Gasteiger partial charge in [-0.1, -0.05) is 29.7 Å². The van der Waals surface area contributed by atoms with Crippen LogP contribution in [0.5, 0.6) is 0 Å². The third kappa shape index (κ3) is 4.95. The minimum Gasteiger partial charge on any atom is -0.389 e. The van der Waals surface area contributed by atoms with Gasteiger partial charge in [0.15, 0.2) is 5.13 Å². The van der Waals surface area contributed by atoms with Crippen LogP contribution in [0.3, 0.4) is 0 Å². The number of amides is 2. The van der Waals surface area contributed by atoms with Crippen LogP contribution in [-0.4, -0.2) is 28.3 Å². The fourth-order valence-corrected chi connectivity index (χ4v) is 3.03. The summed E-state index contributed by atoms with van der Waals surface area (Å²) in [6.07, 6.45) is 5.77. The lowest BCUT2D eigenvalue weighted by molar-refractivity contribution is 0.0826. The Kier molecular flexibility index (Phi) is 5.73. The largest absolute Gasteiger partial charge is 0.389 e. The number of hydrogen-bond donors (Lipinski definition) is 3. The predicted octanol–water partition coefficient (Wildman–Crippen LogP) is 3.63. The van der Waals surface area contributed by atoms with Gasteiger partial charge >= 0.3 is 6.03 Å². The van der Waals surface area contributed by atoms with Gasteiger partial charge < -0.3 is 10.4 Å². The van der Waals surface area contributed by atoms with E-state index in [1.807, 2.05) is 24.4 Å². The number of hydrogen-bond acceptors (Lipinski definition) is 4. The number of terminal acetylenes is 1. The van der Waals surface area contributed by atoms with Crippen LogP contribution < -0.4 is 10.6 Å². The number of carbonyl (C=O) groups excluding carboxylic acids is 1. The molecule has 1 heterocycles. The molecule has 0 bridgehead atoms. The van der Waals surface area contributed by atoms with Gasteiger partial charge in [0, 0.05) is 16.9 Å². The van der Waals surface area contributed by atoms with Crippen LogP contribution in [0.2, 0.25) is 5.02 Å². The van der Waals surface area contributed by atoms with Gasteiger partial charge in [0.05, 0.1) is 16.7 Å². The quantitative estimate of drug-likeness (QED) is 0.696. The zero-order chi connectivity index (χ0) is 18.7. The molecule has 0 radical (unpaired) electrons. The lowest BCUT2D eigenvalue weighted by atomic mass is 9.81. The molecule has 1 atom stereocenters. The summed E-state index contributed by atoms with van der Waals surface area (Å²) in [5.41, 5.74) is -0.157. The first-order valence-electron chi connectivity index (χ1n) is 7.61. The average Bonchev–Trinajstić information content (AvgIpc) is 3.01. The van der Waals surface area contributed by atoms with Gasteiger partial charge in [0.2, 0.25) is 0 Å². The van der Waals surface area contributed by atoms with Crippen molar-refractivity contribution >= 4 is 34.1 Å². The molecular weight excluding hydrogens is 358 g/mol. The summed E-state index contributed by atoms with van der Waals surface area (Å²) in [7, 11) is 0. The van der Waals surface area contributed by atoms with Crippen molar-refractivity contribution in [2.75, 3.05) is 11.9 Å². The Bertz CT molecular complexity index is 790. The highest BCUT2D eigenvalue weighted by Crippen LogP contribution is 2.33. The Labute approximate surface area is 156 Å². The Hall–Kier alpha value is -2.07. The maximum Gasteiger partial charge on any atom is 0.321 e. The molecule has 0 saturated carbocycles. The van der Waals surface area contributed by atoms with Crippen LogP contribution >= 0.6 is 22.9 Å². The van der Waals surface area contributed by atoms with E-state index in [2.05, 4.69) is 21.5 Å². The van der Waals surface area contributed by atoms with E-state index in [4.69, 9.17) is 18.0 Å². The number of aromatic nitrogens is 1. The van der Waals surface area contributed by atoms with Gasteiger partial charge in [-0.15, -0.1) is 17.8 Å². The zero-order valence-electron chi connectivity index (χ0n) is 14.3. The van der Waals surface area contributed by atoms with E-state index in [-0.39, 0.29) is 6.54 Å². The Balaban J connectivity index is 2.15. The minimum absolute atomic E-state index is 0.129. The van der Waals surface area contributed by atoms with Crippen molar-refractivity contribution in [1.29, 1.82) is 0 Å². The molecule has 2 rings (SSSR count). The fourth-order valence-electron chi connectivity index (χ4n) is 2.09. The first-order chi connectivity index (χ1) is 11.6. The van der Waals surface area contributed by atoms with E-state index < -0.39 is 17.0 Å². The predicted molar refractivity (Wildman–Crippen MR) is 102 cm³/mol. The molecule has 1 aromatic carbocycles. The molecule has 25 heavy (non-hydrogen) atoms. The van der Waals surface area contributed by atoms with Gasteiger partial charge in [0.1, 0.15) is 0 Å². The lowest BCUT2D eigenvalue weighted by Gasteiger charge is -2.22. The van der Waals surface area contributed by atoms with E-state index in [0.29, 0.717) is 15.8 Å². The van der Waals surface area contributed by atoms with Crippen LogP contribution in [0, 0.1) is 12.3 Å². The second-order valence-corrected chi connectivity index (χ2v) is 7.73. The van der Waals surface area contributed by atoms with Crippen LogP contribution in [0.1, 0.15) is 32.0 Å². The Morgan fingerprint density at radius 1 is 1.36 bits per heavy atom. The number of benzene rings is 1. The normalized spacial score (nSPS) is 13.6. The Morgan fingerprint density at radius 2 is 2.00 bits per heavy atom. The summed E-state index contributed by atoms with van der Waals surface area (Å²) in [6, 6.07) is 6.86. The first-order valence-corrected chi connectivity index (χ1v) is 8.87. The maximum atomic E-state index is 11.9. The number of nitrogens with one attached hydrogen (secondary N) is 2. The monoisotopic (exact) mass is 377 g/mol. The van der Waals surface area contributed by atoms with Crippen molar-refractivity contribution in [2.24, 2.45) is 0 Å². The third-order valence-electron chi connectivity index (χ3n) is 3.63. The summed E-state index contributed by atoms with van der Waals surface area (Å²) in [4.78, 5) is 16.3. The number of carbonyl (C=O) groups is 1. The number of thiazole rings is 1. The molecule has 1 unspecified atom stereocenters. The summed E-state index contributed by atoms with van der Waals surface area (Å²) < 4.78 is 0. The first kappa shape index (κ1) is 19.3. The van der Waals surface area contributed by atoms with E-state index in [1.165, 1.54) is 11.3 Å². The van der Waals surface area contributed by atoms with Gasteiger partial charge in [-0.3, -0.25) is 5.32 Å². The van der Waals surface area contributed by atoms with E-state index in [1.54, 1.807) is 26.0 Å². The van der Waals surface area contributed by atoms with Gasteiger partial charge in [-0.05, 0) is 38.5 Å². The van der Waals surface area contributed by atoms with Crippen molar-refractivity contribution in [3.05, 3.63) is 45.9 Å². The number of aliphatic hydroxyl groups is 1. The number of rotatable bonds is 5. The second kappa shape index (κ2) is 7.44. The summed E-state index contributed by atoms with van der Waals surface area (Å²) in [5, 5.41) is 17.7. The number of urea groups is 1. The summed E-state index contributed by atoms with van der Waals surface area (Å²) in [6.45, 7) is 5.24. The van der Waals surface area contributed by atoms with Crippen molar-refractivity contribution < 1.29 is 9.90 Å². The summed E-state index contributed by atoms with van der Waals surface area (Å²) >= 11 is 7.22. The maximum absolute atomic E-state index is 11.9. The van der Waals surface area contributed by atoms with Gasteiger partial charge in [0.25, 0.3) is 0 Å². The third-order valence-corrected chi connectivity index (χ3v) is 4.64. The molecular formula is C18H20ClN3O2S. The highest BCUT2D eigenvalue weighted by molar-refractivity contribution is 7.14. The van der Waals surface area contributed by atoms with Crippen LogP contribution in [0.25, 0.3) is 0 Å². The standard InChI is InChI=1S/C18H20ClN3O2S/c1-5-18(4,12-6-8-13(19)9-7-12)14-10-25-16(21-14)22-15(23)20-11-17(2,3)24/h1,6-10,24H,11H2,2-4H3,(H2,20,21,22,23). The van der Waals surface area contributed by atoms with Crippen molar-refractivity contribution in [1.82, 2.24) is 10.3 Å². The zero-order valence-corrected chi connectivity index (χ0v) is 15.8. The molecule has 7 heteroatoms. The molecule has 0 fully saturated rings. The highest BCUT2D eigenvalue weighted by Gasteiger charge is 2.29. The molecule has 0 aliphatic rings. The topological polar surface area (TPSA) is 74.2 Å². The number of anilines is 1. The van der Waals surface area contributed by atoms with Crippen molar-refractivity contribution in [3.63, 3.8) is 0 Å². The lowest BCUT2D eigenvalue weighted by Crippen LogP contribution is -2.40. The van der Waals surface area contributed by atoms with Gasteiger partial charge in [-0.25, -0.2) is 9.78 Å². The molecule has 5 nitrogen and oxygen atoms in total. The fraction of sp³-hybridized carbons (Fsp3) is 0.333. The number of nitrogens with zero attached hydrogens (tertiary/aromatic N) is 1. The molecule has 0 spiro atoms. The van der Waals surface area contributed by atoms with E-state index in [0.717, 1.165) is 5.56 Å². The SMILES string of the molecule is C#CC(C)(c1ccc(Cl)cc1)c1csc(NC(=O)NCC(C)(C)O)n1. The molecule has 3 N–H and O–H groups in total. The van der Waals surface area contributed by atoms with Crippen molar-refractivity contribution in [3.8, 4) is 12.3 Å². The highest BCUT2D eigenvalue weighted by atomic mass is 35.5. The molecule has 0 aliphatic carbocycles.